The molecule has 228 valence electrons. The van der Waals surface area contributed by atoms with Gasteiger partial charge in [-0.15, -0.1) is 0 Å². The van der Waals surface area contributed by atoms with Gasteiger partial charge >= 0.3 is 6.09 Å². The van der Waals surface area contributed by atoms with Gasteiger partial charge in [0.1, 0.15) is 29.2 Å². The summed E-state index contributed by atoms with van der Waals surface area (Å²) >= 11 is 6.44. The van der Waals surface area contributed by atoms with E-state index in [4.69, 9.17) is 16.3 Å². The van der Waals surface area contributed by atoms with Gasteiger partial charge in [-0.05, 0) is 100 Å². The third-order valence-electron chi connectivity index (χ3n) is 7.09. The van der Waals surface area contributed by atoms with Crippen LogP contribution < -0.4 is 10.6 Å². The molecule has 0 spiro atoms. The van der Waals surface area contributed by atoms with E-state index < -0.39 is 35.6 Å². The predicted molar refractivity (Wildman–Crippen MR) is 165 cm³/mol. The smallest absolute Gasteiger partial charge is 0.408 e. The van der Waals surface area contributed by atoms with Gasteiger partial charge in [0.2, 0.25) is 5.91 Å². The number of aromatic hydroxyl groups is 2. The summed E-state index contributed by atoms with van der Waals surface area (Å²) in [5.41, 5.74) is 2.12. The molecule has 43 heavy (non-hydrogen) atoms. The van der Waals surface area contributed by atoms with Gasteiger partial charge in [-0.3, -0.25) is 9.59 Å². The molecule has 3 amide bonds. The fourth-order valence-electron chi connectivity index (χ4n) is 4.84. The highest BCUT2D eigenvalue weighted by Crippen LogP contribution is 2.38. The number of phenols is 2. The van der Waals surface area contributed by atoms with Gasteiger partial charge in [-0.25, -0.2) is 4.79 Å². The van der Waals surface area contributed by atoms with Crippen LogP contribution in [0.4, 0.5) is 10.5 Å². The first kappa shape index (κ1) is 31.7. The Morgan fingerprint density at radius 1 is 1.00 bits per heavy atom. The van der Waals surface area contributed by atoms with Crippen LogP contribution in [0.2, 0.25) is 5.02 Å². The number of hydrogen-bond acceptors (Lipinski definition) is 6. The fraction of sp³-hybridized carbons (Fsp3) is 0.364. The first-order chi connectivity index (χ1) is 20.2. The number of aryl methyl sites for hydroxylation is 2. The van der Waals surface area contributed by atoms with Crippen molar-refractivity contribution in [2.24, 2.45) is 0 Å². The molecule has 2 atom stereocenters. The van der Waals surface area contributed by atoms with Gasteiger partial charge in [0.25, 0.3) is 5.91 Å². The lowest BCUT2D eigenvalue weighted by Crippen LogP contribution is -2.54. The summed E-state index contributed by atoms with van der Waals surface area (Å²) in [6.07, 6.45) is 0.675. The zero-order chi connectivity index (χ0) is 31.5. The van der Waals surface area contributed by atoms with Crippen LogP contribution in [0.15, 0.2) is 60.7 Å². The van der Waals surface area contributed by atoms with Crippen molar-refractivity contribution in [3.8, 4) is 11.5 Å². The summed E-state index contributed by atoms with van der Waals surface area (Å²) in [6, 6.07) is 14.0. The number of anilines is 1. The van der Waals surface area contributed by atoms with Crippen molar-refractivity contribution < 1.29 is 29.3 Å². The van der Waals surface area contributed by atoms with Crippen molar-refractivity contribution in [1.29, 1.82) is 0 Å². The molecule has 0 bridgehead atoms. The molecular weight excluding hydrogens is 570 g/mol. The number of para-hydroxylation sites is 1. The molecule has 0 aliphatic heterocycles. The lowest BCUT2D eigenvalue weighted by Gasteiger charge is -2.35. The molecule has 0 heterocycles. The Hall–Kier alpha value is -4.24. The number of benzene rings is 3. The molecule has 3 aromatic carbocycles. The Bertz CT molecular complexity index is 1480. The first-order valence-corrected chi connectivity index (χ1v) is 14.6. The number of rotatable bonds is 9. The highest BCUT2D eigenvalue weighted by Gasteiger charge is 2.44. The number of amides is 3. The monoisotopic (exact) mass is 607 g/mol. The average Bonchev–Trinajstić information content (AvgIpc) is 3.76. The molecule has 1 aliphatic carbocycles. The molecule has 10 heteroatoms. The standard InChI is InChI=1S/C33H38ClN3O6/c1-19-7-6-8-25(34)28(19)36-30(40)29(22-11-16-27(39)20(2)17-22)37(23-12-13-23)31(41)26(35-32(42)43-33(3,4)5)18-21-9-14-24(38)15-10-21/h6-11,14-17,23,26,29,38-39H,12-13,18H2,1-5H3,(H,35,42)(H,36,40). The van der Waals surface area contributed by atoms with Gasteiger partial charge in [-0.2, -0.15) is 0 Å². The van der Waals surface area contributed by atoms with Crippen molar-refractivity contribution in [3.63, 3.8) is 0 Å². The van der Waals surface area contributed by atoms with E-state index >= 15 is 0 Å². The average molecular weight is 608 g/mol. The minimum atomic E-state index is -1.10. The van der Waals surface area contributed by atoms with Gasteiger partial charge < -0.3 is 30.5 Å². The van der Waals surface area contributed by atoms with Gasteiger partial charge in [-0.1, -0.05) is 41.9 Å². The number of nitrogens with zero attached hydrogens (tertiary/aromatic N) is 1. The summed E-state index contributed by atoms with van der Waals surface area (Å²) in [5, 5.41) is 26.0. The van der Waals surface area contributed by atoms with Crippen LogP contribution in [-0.2, 0) is 20.7 Å². The molecule has 0 aromatic heterocycles. The van der Waals surface area contributed by atoms with E-state index in [-0.39, 0.29) is 24.0 Å². The molecular formula is C33H38ClN3O6. The summed E-state index contributed by atoms with van der Waals surface area (Å²) in [4.78, 5) is 43.1. The molecule has 9 nitrogen and oxygen atoms in total. The van der Waals surface area contributed by atoms with Gasteiger partial charge in [0.15, 0.2) is 0 Å². The van der Waals surface area contributed by atoms with Crippen LogP contribution in [-0.4, -0.2) is 50.7 Å². The van der Waals surface area contributed by atoms with E-state index in [9.17, 15) is 24.6 Å². The molecule has 1 saturated carbocycles. The minimum absolute atomic E-state index is 0.0611. The molecule has 1 fully saturated rings. The first-order valence-electron chi connectivity index (χ1n) is 14.2. The third kappa shape index (κ3) is 8.20. The van der Waals surface area contributed by atoms with E-state index in [1.54, 1.807) is 64.1 Å². The number of phenolic OH excluding ortho intramolecular Hbond substituents is 2. The number of carbonyl (C=O) groups is 3. The van der Waals surface area contributed by atoms with Crippen LogP contribution in [0, 0.1) is 13.8 Å². The zero-order valence-electron chi connectivity index (χ0n) is 25.0. The van der Waals surface area contributed by atoms with Crippen molar-refractivity contribution in [2.75, 3.05) is 5.32 Å². The Morgan fingerprint density at radius 3 is 2.26 bits per heavy atom. The van der Waals surface area contributed by atoms with Crippen molar-refractivity contribution >= 4 is 35.2 Å². The second-order valence-corrected chi connectivity index (χ2v) is 12.3. The predicted octanol–water partition coefficient (Wildman–Crippen LogP) is 6.17. The Balaban J connectivity index is 1.76. The zero-order valence-corrected chi connectivity index (χ0v) is 25.7. The van der Waals surface area contributed by atoms with Crippen molar-refractivity contribution in [3.05, 3.63) is 87.9 Å². The fourth-order valence-corrected chi connectivity index (χ4v) is 5.11. The van der Waals surface area contributed by atoms with Crippen molar-refractivity contribution in [1.82, 2.24) is 10.2 Å². The topological polar surface area (TPSA) is 128 Å². The number of hydrogen-bond donors (Lipinski definition) is 4. The molecule has 0 saturated heterocycles. The van der Waals surface area contributed by atoms with Crippen LogP contribution in [0.3, 0.4) is 0 Å². The van der Waals surface area contributed by atoms with Crippen LogP contribution >= 0.6 is 11.6 Å². The summed E-state index contributed by atoms with van der Waals surface area (Å²) in [7, 11) is 0. The largest absolute Gasteiger partial charge is 0.508 e. The van der Waals surface area contributed by atoms with Crippen LogP contribution in [0.1, 0.15) is 61.9 Å². The molecule has 2 unspecified atom stereocenters. The lowest BCUT2D eigenvalue weighted by atomic mass is 9.98. The number of alkyl carbamates (subject to hydrolysis) is 1. The molecule has 1 aliphatic rings. The summed E-state index contributed by atoms with van der Waals surface area (Å²) in [6.45, 7) is 8.72. The summed E-state index contributed by atoms with van der Waals surface area (Å²) < 4.78 is 5.48. The summed E-state index contributed by atoms with van der Waals surface area (Å²) in [5.74, 6) is -0.822. The van der Waals surface area contributed by atoms with Gasteiger partial charge in [0.05, 0.1) is 10.7 Å². The number of carbonyl (C=O) groups excluding carboxylic acids is 3. The number of nitrogens with one attached hydrogen (secondary N) is 2. The van der Waals surface area contributed by atoms with E-state index in [2.05, 4.69) is 10.6 Å². The second kappa shape index (κ2) is 13.0. The minimum Gasteiger partial charge on any atom is -0.508 e. The van der Waals surface area contributed by atoms with Gasteiger partial charge in [0, 0.05) is 12.5 Å². The Kier molecular flexibility index (Phi) is 9.55. The molecule has 4 N–H and O–H groups in total. The maximum absolute atomic E-state index is 14.5. The maximum Gasteiger partial charge on any atom is 0.408 e. The second-order valence-electron chi connectivity index (χ2n) is 11.9. The van der Waals surface area contributed by atoms with Crippen LogP contribution in [0.25, 0.3) is 0 Å². The molecule has 0 radical (unpaired) electrons. The third-order valence-corrected chi connectivity index (χ3v) is 7.41. The van der Waals surface area contributed by atoms with E-state index in [0.29, 0.717) is 40.2 Å². The Labute approximate surface area is 256 Å². The Morgan fingerprint density at radius 2 is 1.67 bits per heavy atom. The lowest BCUT2D eigenvalue weighted by molar-refractivity contribution is -0.141. The SMILES string of the molecule is Cc1cc(C(C(=O)Nc2c(C)cccc2Cl)N(C(=O)C(Cc2ccc(O)cc2)NC(=O)OC(C)(C)C)C2CC2)ccc1O. The van der Waals surface area contributed by atoms with E-state index in [1.807, 2.05) is 13.0 Å². The quantitative estimate of drug-likeness (QED) is 0.230. The van der Waals surface area contributed by atoms with Crippen LogP contribution in [0.5, 0.6) is 11.5 Å². The number of ether oxygens (including phenoxy) is 1. The highest BCUT2D eigenvalue weighted by molar-refractivity contribution is 6.34. The van der Waals surface area contributed by atoms with E-state index in [0.717, 1.165) is 5.56 Å². The normalized spacial score (nSPS) is 14.4. The van der Waals surface area contributed by atoms with Crippen molar-refractivity contribution in [2.45, 2.75) is 77.6 Å². The number of halogens is 1. The molecule has 4 rings (SSSR count). The maximum atomic E-state index is 14.5. The highest BCUT2D eigenvalue weighted by atomic mass is 35.5. The molecule has 3 aromatic rings. The van der Waals surface area contributed by atoms with E-state index in [1.165, 1.54) is 23.1 Å².